The summed E-state index contributed by atoms with van der Waals surface area (Å²) in [5.74, 6) is 3.04. The molecule has 6 nitrogen and oxygen atoms in total. The molecule has 8 rings (SSSR count). The van der Waals surface area contributed by atoms with Gasteiger partial charge in [0.05, 0.1) is 11.1 Å². The number of ether oxygens (including phenoxy) is 2. The maximum absolute atomic E-state index is 11.4. The Hall–Kier alpha value is -4.58. The molecule has 0 aliphatic heterocycles. The second-order valence-corrected chi connectivity index (χ2v) is 12.1. The standard InChI is InChI=1S/C36H32O6/c37-34(38)24-9-13-27(14-10-24)41-31-7-3-1-5-29(31)33-26-18-22-17-23(19-26)21-36(33,20-22)30-6-2-4-8-32(30)42-28-15-11-25(12-16-28)35(39)40/h1-16,22-23,26,33H,17-21H2,(H,37,38)(H,39,40). The van der Waals surface area contributed by atoms with Crippen molar-refractivity contribution in [3.63, 3.8) is 0 Å². The highest BCUT2D eigenvalue weighted by molar-refractivity contribution is 5.88. The highest BCUT2D eigenvalue weighted by atomic mass is 16.5. The van der Waals surface area contributed by atoms with Crippen molar-refractivity contribution in [1.82, 2.24) is 0 Å². The predicted octanol–water partition coefficient (Wildman–Crippen LogP) is 8.53. The number of rotatable bonds is 8. The highest BCUT2D eigenvalue weighted by Gasteiger charge is 2.59. The van der Waals surface area contributed by atoms with Crippen LogP contribution in [0.1, 0.15) is 69.9 Å². The van der Waals surface area contributed by atoms with E-state index >= 15 is 0 Å². The monoisotopic (exact) mass is 560 g/mol. The van der Waals surface area contributed by atoms with Crippen molar-refractivity contribution in [2.45, 2.75) is 43.4 Å². The number of carbonyl (C=O) groups is 2. The Morgan fingerprint density at radius 1 is 0.619 bits per heavy atom. The van der Waals surface area contributed by atoms with E-state index in [1.165, 1.54) is 30.4 Å². The van der Waals surface area contributed by atoms with Crippen molar-refractivity contribution in [2.24, 2.45) is 17.8 Å². The number of aromatic carboxylic acids is 2. The smallest absolute Gasteiger partial charge is 0.335 e. The lowest BCUT2D eigenvalue weighted by molar-refractivity contribution is -0.0293. The van der Waals surface area contributed by atoms with Crippen LogP contribution in [-0.4, -0.2) is 22.2 Å². The van der Waals surface area contributed by atoms with E-state index in [4.69, 9.17) is 9.47 Å². The molecule has 3 atom stereocenters. The molecule has 4 aliphatic rings. The molecule has 4 aromatic carbocycles. The van der Waals surface area contributed by atoms with Gasteiger partial charge in [0, 0.05) is 16.9 Å². The van der Waals surface area contributed by atoms with Crippen LogP contribution in [0.15, 0.2) is 97.1 Å². The van der Waals surface area contributed by atoms with Gasteiger partial charge >= 0.3 is 11.9 Å². The van der Waals surface area contributed by atoms with E-state index in [0.29, 0.717) is 29.3 Å². The Balaban J connectivity index is 1.29. The van der Waals surface area contributed by atoms with Gasteiger partial charge in [-0.3, -0.25) is 0 Å². The topological polar surface area (TPSA) is 93.1 Å². The average molecular weight is 561 g/mol. The van der Waals surface area contributed by atoms with E-state index in [1.807, 2.05) is 24.3 Å². The van der Waals surface area contributed by atoms with Gasteiger partial charge in [0.25, 0.3) is 0 Å². The molecule has 6 heteroatoms. The predicted molar refractivity (Wildman–Crippen MR) is 158 cm³/mol. The molecule has 0 saturated heterocycles. The first-order valence-corrected chi connectivity index (χ1v) is 14.6. The summed E-state index contributed by atoms with van der Waals surface area (Å²) in [6.45, 7) is 0. The summed E-state index contributed by atoms with van der Waals surface area (Å²) in [5, 5.41) is 18.6. The number of carboxylic acids is 2. The minimum absolute atomic E-state index is 0.126. The maximum atomic E-state index is 11.4. The Labute approximate surface area is 244 Å². The molecule has 2 N–H and O–H groups in total. The normalized spacial score (nSPS) is 25.6. The van der Waals surface area contributed by atoms with Gasteiger partial charge in [0.15, 0.2) is 0 Å². The van der Waals surface area contributed by atoms with Crippen molar-refractivity contribution >= 4 is 11.9 Å². The molecule has 212 valence electrons. The molecule has 4 fully saturated rings. The average Bonchev–Trinajstić information content (AvgIpc) is 2.98. The van der Waals surface area contributed by atoms with Crippen molar-refractivity contribution in [1.29, 1.82) is 0 Å². The lowest BCUT2D eigenvalue weighted by Crippen LogP contribution is -2.54. The lowest BCUT2D eigenvalue weighted by Gasteiger charge is -2.62. The summed E-state index contributed by atoms with van der Waals surface area (Å²) in [7, 11) is 0. The SMILES string of the molecule is O=C(O)c1ccc(Oc2ccccc2C2C3CC4CC(C3)CC2(c2ccccc2Oc2ccc(C(=O)O)cc2)C4)cc1. The van der Waals surface area contributed by atoms with Gasteiger partial charge in [-0.1, -0.05) is 36.4 Å². The van der Waals surface area contributed by atoms with Crippen LogP contribution in [0.4, 0.5) is 0 Å². The molecule has 4 bridgehead atoms. The number of benzene rings is 4. The third-order valence-corrected chi connectivity index (χ3v) is 9.65. The van der Waals surface area contributed by atoms with E-state index in [9.17, 15) is 19.8 Å². The van der Waals surface area contributed by atoms with Crippen LogP contribution in [0.25, 0.3) is 0 Å². The Kier molecular flexibility index (Phi) is 6.49. The fraction of sp³-hybridized carbons (Fsp3) is 0.278. The Morgan fingerprint density at radius 2 is 1.12 bits per heavy atom. The van der Waals surface area contributed by atoms with Crippen molar-refractivity contribution in [2.75, 3.05) is 0 Å². The molecule has 4 aliphatic carbocycles. The van der Waals surface area contributed by atoms with Crippen LogP contribution in [0.5, 0.6) is 23.0 Å². The fourth-order valence-electron chi connectivity index (χ4n) is 8.36. The van der Waals surface area contributed by atoms with Gasteiger partial charge < -0.3 is 19.7 Å². The van der Waals surface area contributed by atoms with Crippen LogP contribution in [-0.2, 0) is 5.41 Å². The molecule has 0 heterocycles. The summed E-state index contributed by atoms with van der Waals surface area (Å²) in [6, 6.07) is 29.8. The van der Waals surface area contributed by atoms with Crippen molar-refractivity contribution in [3.8, 4) is 23.0 Å². The third-order valence-electron chi connectivity index (χ3n) is 9.65. The van der Waals surface area contributed by atoms with Crippen LogP contribution >= 0.6 is 0 Å². The highest BCUT2D eigenvalue weighted by Crippen LogP contribution is 2.68. The minimum atomic E-state index is -0.962. The van der Waals surface area contributed by atoms with Crippen LogP contribution in [0, 0.1) is 17.8 Å². The number of hydrogen-bond donors (Lipinski definition) is 2. The largest absolute Gasteiger partial charge is 0.478 e. The quantitative estimate of drug-likeness (QED) is 0.224. The van der Waals surface area contributed by atoms with Gasteiger partial charge in [-0.15, -0.1) is 0 Å². The number of carboxylic acid groups (broad SMARTS) is 2. The van der Waals surface area contributed by atoms with E-state index in [0.717, 1.165) is 24.3 Å². The maximum Gasteiger partial charge on any atom is 0.335 e. The Morgan fingerprint density at radius 3 is 1.69 bits per heavy atom. The van der Waals surface area contributed by atoms with Crippen LogP contribution < -0.4 is 9.47 Å². The van der Waals surface area contributed by atoms with E-state index in [2.05, 4.69) is 24.3 Å². The molecular formula is C36H32O6. The van der Waals surface area contributed by atoms with Gasteiger partial charge in [-0.05, 0) is 116 Å². The van der Waals surface area contributed by atoms with Gasteiger partial charge in [-0.25, -0.2) is 9.59 Å². The molecule has 3 unspecified atom stereocenters. The number of para-hydroxylation sites is 2. The van der Waals surface area contributed by atoms with E-state index in [1.54, 1.807) is 48.5 Å². The van der Waals surface area contributed by atoms with Crippen molar-refractivity contribution < 1.29 is 29.3 Å². The van der Waals surface area contributed by atoms with Crippen molar-refractivity contribution in [3.05, 3.63) is 119 Å². The van der Waals surface area contributed by atoms with Gasteiger partial charge in [0.1, 0.15) is 23.0 Å². The first-order valence-electron chi connectivity index (χ1n) is 14.6. The lowest BCUT2D eigenvalue weighted by atomic mass is 9.42. The molecule has 0 aromatic heterocycles. The molecule has 0 spiro atoms. The molecule has 4 aromatic rings. The molecular weight excluding hydrogens is 528 g/mol. The van der Waals surface area contributed by atoms with Gasteiger partial charge in [0.2, 0.25) is 0 Å². The van der Waals surface area contributed by atoms with E-state index < -0.39 is 11.9 Å². The first-order chi connectivity index (χ1) is 20.4. The van der Waals surface area contributed by atoms with E-state index in [-0.39, 0.29) is 22.5 Å². The number of hydrogen-bond acceptors (Lipinski definition) is 4. The fourth-order valence-corrected chi connectivity index (χ4v) is 8.36. The van der Waals surface area contributed by atoms with Gasteiger partial charge in [-0.2, -0.15) is 0 Å². The summed E-state index contributed by atoms with van der Waals surface area (Å²) in [4.78, 5) is 22.7. The zero-order valence-corrected chi connectivity index (χ0v) is 23.1. The van der Waals surface area contributed by atoms with Crippen LogP contribution in [0.3, 0.4) is 0 Å². The summed E-state index contributed by atoms with van der Waals surface area (Å²) < 4.78 is 13.0. The molecule has 0 radical (unpaired) electrons. The van der Waals surface area contributed by atoms with Crippen LogP contribution in [0.2, 0.25) is 0 Å². The summed E-state index contributed by atoms with van der Waals surface area (Å²) in [6.07, 6.45) is 5.89. The zero-order chi connectivity index (χ0) is 28.8. The first kappa shape index (κ1) is 26.3. The zero-order valence-electron chi connectivity index (χ0n) is 23.1. The second-order valence-electron chi connectivity index (χ2n) is 12.1. The Bertz CT molecular complexity index is 1630. The molecule has 0 amide bonds. The molecule has 4 saturated carbocycles. The second kappa shape index (κ2) is 10.4. The third kappa shape index (κ3) is 4.61. The minimum Gasteiger partial charge on any atom is -0.478 e. The molecule has 42 heavy (non-hydrogen) atoms. The summed E-state index contributed by atoms with van der Waals surface area (Å²) in [5.41, 5.74) is 2.72. The summed E-state index contributed by atoms with van der Waals surface area (Å²) >= 11 is 0.